The Morgan fingerprint density at radius 3 is 3.08 bits per heavy atom. The lowest BCUT2D eigenvalue weighted by Crippen LogP contribution is -2.39. The average molecular weight is 352 g/mol. The van der Waals surface area contributed by atoms with Gasteiger partial charge < -0.3 is 4.74 Å². The molecule has 1 aliphatic heterocycles. The molecule has 0 aliphatic carbocycles. The topological polar surface area (TPSA) is 68.2 Å². The van der Waals surface area contributed by atoms with Crippen LogP contribution in [0.3, 0.4) is 0 Å². The smallest absolute Gasteiger partial charge is 0.152 e. The molecule has 3 aromatic heterocycles. The van der Waals surface area contributed by atoms with E-state index in [2.05, 4.69) is 19.9 Å². The SMILES string of the molecule is [2H]c1nc([2H])c(-c2ccc3cnc(CC(=O)CN4CCOCC4)cc3n2)c([2H])c1[2H]. The van der Waals surface area contributed by atoms with E-state index in [1.807, 2.05) is 0 Å². The number of ether oxygens (including phenoxy) is 1. The third-order valence-electron chi connectivity index (χ3n) is 4.24. The van der Waals surface area contributed by atoms with Crippen molar-refractivity contribution in [2.75, 3.05) is 32.8 Å². The van der Waals surface area contributed by atoms with Crippen molar-refractivity contribution in [1.82, 2.24) is 19.9 Å². The van der Waals surface area contributed by atoms with Gasteiger partial charge in [-0.05, 0) is 30.3 Å². The third kappa shape index (κ3) is 3.92. The van der Waals surface area contributed by atoms with Crippen molar-refractivity contribution < 1.29 is 15.0 Å². The molecule has 6 nitrogen and oxygen atoms in total. The summed E-state index contributed by atoms with van der Waals surface area (Å²) in [5.41, 5.74) is 1.62. The number of morpholine rings is 1. The molecule has 4 heterocycles. The number of aromatic nitrogens is 3. The maximum atomic E-state index is 12.4. The Labute approximate surface area is 157 Å². The first-order valence-corrected chi connectivity index (χ1v) is 8.44. The quantitative estimate of drug-likeness (QED) is 0.701. The zero-order valence-corrected chi connectivity index (χ0v) is 14.2. The van der Waals surface area contributed by atoms with Crippen LogP contribution in [0.25, 0.3) is 22.2 Å². The molecule has 0 N–H and O–H groups in total. The molecule has 3 aromatic rings. The highest BCUT2D eigenvalue weighted by molar-refractivity contribution is 5.85. The summed E-state index contributed by atoms with van der Waals surface area (Å²) in [7, 11) is 0. The van der Waals surface area contributed by atoms with Crippen LogP contribution >= 0.6 is 0 Å². The lowest BCUT2D eigenvalue weighted by molar-refractivity contribution is -0.120. The molecule has 0 aromatic carbocycles. The van der Waals surface area contributed by atoms with Gasteiger partial charge in [-0.15, -0.1) is 0 Å². The van der Waals surface area contributed by atoms with E-state index in [9.17, 15) is 4.79 Å². The summed E-state index contributed by atoms with van der Waals surface area (Å²) in [5, 5.41) is 0.761. The second kappa shape index (κ2) is 7.68. The van der Waals surface area contributed by atoms with Crippen molar-refractivity contribution in [2.45, 2.75) is 6.42 Å². The van der Waals surface area contributed by atoms with Crippen LogP contribution in [-0.2, 0) is 16.0 Å². The Morgan fingerprint density at radius 1 is 1.31 bits per heavy atom. The average Bonchev–Trinajstić information content (AvgIpc) is 2.72. The summed E-state index contributed by atoms with van der Waals surface area (Å²) in [6.07, 6.45) is 1.18. The molecule has 4 rings (SSSR count). The van der Waals surface area contributed by atoms with E-state index in [1.54, 1.807) is 24.4 Å². The Balaban J connectivity index is 1.60. The Bertz CT molecular complexity index is 1120. The molecule has 1 aliphatic rings. The van der Waals surface area contributed by atoms with Crippen molar-refractivity contribution in [2.24, 2.45) is 0 Å². The van der Waals surface area contributed by atoms with Crippen LogP contribution in [0, 0.1) is 0 Å². The van der Waals surface area contributed by atoms with Gasteiger partial charge in [0.15, 0.2) is 5.78 Å². The first-order valence-electron chi connectivity index (χ1n) is 10.4. The molecule has 0 spiro atoms. The highest BCUT2D eigenvalue weighted by Gasteiger charge is 2.15. The largest absolute Gasteiger partial charge is 0.379 e. The second-order valence-corrected chi connectivity index (χ2v) is 6.13. The van der Waals surface area contributed by atoms with E-state index in [0.29, 0.717) is 36.7 Å². The van der Waals surface area contributed by atoms with E-state index < -0.39 is 6.17 Å². The Morgan fingerprint density at radius 2 is 2.19 bits per heavy atom. The number of hydrogen-bond acceptors (Lipinski definition) is 6. The summed E-state index contributed by atoms with van der Waals surface area (Å²) in [4.78, 5) is 27.1. The van der Waals surface area contributed by atoms with Crippen LogP contribution in [0.5, 0.6) is 0 Å². The molecule has 132 valence electrons. The van der Waals surface area contributed by atoms with Gasteiger partial charge in [0.2, 0.25) is 0 Å². The monoisotopic (exact) mass is 352 g/mol. The van der Waals surface area contributed by atoms with Gasteiger partial charge in [-0.25, -0.2) is 4.98 Å². The molecular formula is C20H20N4O2. The summed E-state index contributed by atoms with van der Waals surface area (Å²) >= 11 is 0. The number of rotatable bonds is 5. The molecule has 0 saturated carbocycles. The molecule has 6 heteroatoms. The number of hydrogen-bond donors (Lipinski definition) is 0. The summed E-state index contributed by atoms with van der Waals surface area (Å²) in [6.45, 7) is 3.13. The van der Waals surface area contributed by atoms with Crippen molar-refractivity contribution in [1.29, 1.82) is 0 Å². The minimum atomic E-state index is -0.403. The standard InChI is InChI=1S/C20H20N4O2/c25-18(14-24-6-8-26-9-7-24)10-17-11-20-16(13-22-17)3-4-19(23-20)15-2-1-5-21-12-15/h1-5,11-13H,6-10,14H2/i1D,2D,5D,12D. The maximum absolute atomic E-state index is 12.4. The Hall–Kier alpha value is -2.70. The van der Waals surface area contributed by atoms with Gasteiger partial charge in [-0.1, -0.05) is 0 Å². The fourth-order valence-electron chi connectivity index (χ4n) is 2.91. The number of Topliss-reactive ketones (excluding diaryl/α,β-unsaturated/α-hetero) is 1. The third-order valence-corrected chi connectivity index (χ3v) is 4.24. The number of nitrogens with zero attached hydrogens (tertiary/aromatic N) is 4. The molecule has 0 amide bonds. The van der Waals surface area contributed by atoms with Gasteiger partial charge in [0.1, 0.15) is 0 Å². The van der Waals surface area contributed by atoms with Gasteiger partial charge in [0.25, 0.3) is 0 Å². The lowest BCUT2D eigenvalue weighted by atomic mass is 10.1. The fraction of sp³-hybridized carbons (Fsp3) is 0.300. The van der Waals surface area contributed by atoms with Crippen molar-refractivity contribution in [3.8, 4) is 11.3 Å². The number of pyridine rings is 3. The molecule has 0 atom stereocenters. The van der Waals surface area contributed by atoms with Crippen LogP contribution in [0.1, 0.15) is 11.2 Å². The van der Waals surface area contributed by atoms with Gasteiger partial charge in [0, 0.05) is 48.3 Å². The van der Waals surface area contributed by atoms with E-state index >= 15 is 0 Å². The van der Waals surface area contributed by atoms with Crippen LogP contribution < -0.4 is 0 Å². The number of carbonyl (C=O) groups is 1. The molecule has 26 heavy (non-hydrogen) atoms. The minimum Gasteiger partial charge on any atom is -0.379 e. The summed E-state index contributed by atoms with van der Waals surface area (Å²) < 4.78 is 36.8. The number of fused-ring (bicyclic) bond motifs is 1. The maximum Gasteiger partial charge on any atom is 0.152 e. The second-order valence-electron chi connectivity index (χ2n) is 6.13. The molecule has 1 fully saturated rings. The van der Waals surface area contributed by atoms with E-state index in [-0.39, 0.29) is 36.0 Å². The zero-order valence-electron chi connectivity index (χ0n) is 18.2. The van der Waals surface area contributed by atoms with Crippen LogP contribution in [0.2, 0.25) is 0 Å². The molecular weight excluding hydrogens is 328 g/mol. The predicted molar refractivity (Wildman–Crippen MR) is 98.7 cm³/mol. The molecule has 0 radical (unpaired) electrons. The van der Waals surface area contributed by atoms with Gasteiger partial charge in [0.05, 0.1) is 42.9 Å². The highest BCUT2D eigenvalue weighted by Crippen LogP contribution is 2.20. The lowest BCUT2D eigenvalue weighted by Gasteiger charge is -2.25. The first-order chi connectivity index (χ1) is 14.4. The summed E-state index contributed by atoms with van der Waals surface area (Å²) in [5.74, 6) is 0.0656. The molecule has 0 bridgehead atoms. The fourth-order valence-corrected chi connectivity index (χ4v) is 2.91. The van der Waals surface area contributed by atoms with Gasteiger partial charge in [-0.2, -0.15) is 0 Å². The van der Waals surface area contributed by atoms with Gasteiger partial charge >= 0.3 is 0 Å². The summed E-state index contributed by atoms with van der Waals surface area (Å²) in [6, 6.07) is 4.55. The van der Waals surface area contributed by atoms with E-state index in [0.717, 1.165) is 18.5 Å². The van der Waals surface area contributed by atoms with Crippen molar-refractivity contribution in [3.63, 3.8) is 0 Å². The molecule has 1 saturated heterocycles. The van der Waals surface area contributed by atoms with Crippen LogP contribution in [-0.4, -0.2) is 58.5 Å². The number of carbonyl (C=O) groups excluding carboxylic acids is 1. The predicted octanol–water partition coefficient (Wildman–Crippen LogP) is 2.14. The van der Waals surface area contributed by atoms with Crippen molar-refractivity contribution in [3.05, 3.63) is 54.5 Å². The zero-order chi connectivity index (χ0) is 21.3. The van der Waals surface area contributed by atoms with Crippen molar-refractivity contribution >= 4 is 16.7 Å². The van der Waals surface area contributed by atoms with Crippen LogP contribution in [0.4, 0.5) is 0 Å². The van der Waals surface area contributed by atoms with Crippen LogP contribution in [0.15, 0.2) is 48.8 Å². The molecule has 0 unspecified atom stereocenters. The Kier molecular flexibility index (Phi) is 3.73. The normalized spacial score (nSPS) is 17.4. The first kappa shape index (κ1) is 12.6. The number of ketones is 1. The highest BCUT2D eigenvalue weighted by atomic mass is 16.5. The van der Waals surface area contributed by atoms with E-state index in [1.165, 1.54) is 0 Å². The van der Waals surface area contributed by atoms with Gasteiger partial charge in [-0.3, -0.25) is 19.7 Å². The minimum absolute atomic E-state index is 0.0656. The van der Waals surface area contributed by atoms with E-state index in [4.69, 9.17) is 10.2 Å².